The van der Waals surface area contributed by atoms with Gasteiger partial charge in [-0.05, 0) is 66.6 Å². The van der Waals surface area contributed by atoms with Crippen LogP contribution in [0.25, 0.3) is 21.5 Å². The molecule has 0 aliphatic rings. The number of rotatable bonds is 8. The van der Waals surface area contributed by atoms with Crippen LogP contribution in [0, 0.1) is 10.1 Å². The van der Waals surface area contributed by atoms with Crippen LogP contribution in [0.1, 0.15) is 25.8 Å². The number of benzene rings is 4. The fourth-order valence-electron chi connectivity index (χ4n) is 3.54. The maximum atomic E-state index is 13.0. The molecular formula is C25H21F3NO5PS. The molecule has 2 unspecified atom stereocenters. The van der Waals surface area contributed by atoms with Gasteiger partial charge in [0, 0.05) is 23.3 Å². The lowest BCUT2D eigenvalue weighted by Gasteiger charge is -2.26. The summed E-state index contributed by atoms with van der Waals surface area (Å²) < 4.78 is 56.8. The average molecular weight is 535 g/mol. The minimum Gasteiger partial charge on any atom is -0.416 e. The summed E-state index contributed by atoms with van der Waals surface area (Å²) in [5.41, 5.74) is -0.942. The summed E-state index contributed by atoms with van der Waals surface area (Å²) in [6.45, 7) is 0.0238. The Morgan fingerprint density at radius 2 is 1.58 bits per heavy atom. The highest BCUT2D eigenvalue weighted by molar-refractivity contribution is 8.07. The van der Waals surface area contributed by atoms with Gasteiger partial charge in [-0.25, -0.2) is 0 Å². The number of halogens is 3. The van der Waals surface area contributed by atoms with Gasteiger partial charge in [-0.3, -0.25) is 14.6 Å². The lowest BCUT2D eigenvalue weighted by Crippen LogP contribution is -2.12. The second-order valence-electron chi connectivity index (χ2n) is 8.06. The lowest BCUT2D eigenvalue weighted by molar-refractivity contribution is -0.383. The fraction of sp³-hybridized carbons (Fsp3) is 0.200. The highest BCUT2D eigenvalue weighted by Crippen LogP contribution is 2.53. The van der Waals surface area contributed by atoms with E-state index in [0.717, 1.165) is 35.0 Å². The maximum absolute atomic E-state index is 13.0. The molecule has 36 heavy (non-hydrogen) atoms. The number of nitrogens with zero attached hydrogens (tertiary/aromatic N) is 1. The van der Waals surface area contributed by atoms with Gasteiger partial charge in [-0.1, -0.05) is 31.2 Å². The van der Waals surface area contributed by atoms with Crippen molar-refractivity contribution in [2.45, 2.75) is 32.5 Å². The number of nitro groups is 1. The van der Waals surface area contributed by atoms with E-state index in [0.29, 0.717) is 17.2 Å². The van der Waals surface area contributed by atoms with Crippen molar-refractivity contribution in [2.24, 2.45) is 0 Å². The second-order valence-corrected chi connectivity index (χ2v) is 10.9. The monoisotopic (exact) mass is 535 g/mol. The first-order valence-electron chi connectivity index (χ1n) is 10.9. The Kier molecular flexibility index (Phi) is 7.22. The molecule has 4 aromatic carbocycles. The predicted molar refractivity (Wildman–Crippen MR) is 136 cm³/mol. The van der Waals surface area contributed by atoms with Crippen LogP contribution in [-0.4, -0.2) is 11.0 Å². The van der Waals surface area contributed by atoms with E-state index in [1.165, 1.54) is 12.1 Å². The molecule has 0 radical (unpaired) electrons. The van der Waals surface area contributed by atoms with Crippen LogP contribution < -0.4 is 9.05 Å². The van der Waals surface area contributed by atoms with E-state index in [9.17, 15) is 23.3 Å². The smallest absolute Gasteiger partial charge is 0.416 e. The molecule has 0 aromatic heterocycles. The van der Waals surface area contributed by atoms with Crippen LogP contribution in [0.15, 0.2) is 72.8 Å². The summed E-state index contributed by atoms with van der Waals surface area (Å²) in [6.07, 6.45) is -4.30. The second kappa shape index (κ2) is 10.0. The molecule has 4 rings (SSSR count). The Morgan fingerprint density at radius 3 is 2.14 bits per heavy atom. The quantitative estimate of drug-likeness (QED) is 0.0976. The molecule has 2 atom stereocenters. The molecule has 0 aliphatic carbocycles. The first-order chi connectivity index (χ1) is 17.0. The van der Waals surface area contributed by atoms with Crippen molar-refractivity contribution < 1.29 is 31.7 Å². The van der Waals surface area contributed by atoms with Crippen LogP contribution in [0.3, 0.4) is 0 Å². The molecule has 4 aromatic rings. The maximum Gasteiger partial charge on any atom is 0.435 e. The standard InChI is InChI=1S/C25H21F3NO5PS/c1-3-16(2)32-35(36,33-20-10-8-19(9-11-20)25(26,27)28)34-24-13-12-23(29(30)31)21-14-17-6-4-5-7-18(17)15-22(21)24/h4-16H,3H2,1-2H3. The predicted octanol–water partition coefficient (Wildman–Crippen LogP) is 8.42. The molecule has 0 fully saturated rings. The largest absolute Gasteiger partial charge is 0.435 e. The minimum absolute atomic E-state index is 0.0475. The molecule has 11 heteroatoms. The SMILES string of the molecule is CCC(C)OP(=S)(Oc1ccc(C(F)(F)F)cc1)Oc1ccc([N+](=O)[O-])c2cc3ccccc3cc12. The van der Waals surface area contributed by atoms with E-state index in [2.05, 4.69) is 0 Å². The van der Waals surface area contributed by atoms with Crippen LogP contribution in [-0.2, 0) is 22.5 Å². The zero-order valence-electron chi connectivity index (χ0n) is 19.2. The van der Waals surface area contributed by atoms with Crippen molar-refractivity contribution in [1.29, 1.82) is 0 Å². The first kappa shape index (κ1) is 25.9. The molecule has 188 valence electrons. The van der Waals surface area contributed by atoms with Gasteiger partial charge in [0.25, 0.3) is 5.69 Å². The molecule has 0 saturated carbocycles. The van der Waals surface area contributed by atoms with Crippen molar-refractivity contribution in [3.63, 3.8) is 0 Å². The van der Waals surface area contributed by atoms with Gasteiger partial charge in [-0.2, -0.15) is 13.2 Å². The Labute approximate surface area is 210 Å². The van der Waals surface area contributed by atoms with Crippen molar-refractivity contribution in [3.05, 3.63) is 88.5 Å². The van der Waals surface area contributed by atoms with Crippen LogP contribution in [0.2, 0.25) is 0 Å². The van der Waals surface area contributed by atoms with Gasteiger partial charge in [0.05, 0.1) is 22.0 Å². The van der Waals surface area contributed by atoms with Gasteiger partial charge in [-0.15, -0.1) is 0 Å². The molecular weight excluding hydrogens is 514 g/mol. The van der Waals surface area contributed by atoms with Crippen LogP contribution >= 0.6 is 6.72 Å². The Bertz CT molecular complexity index is 1480. The lowest BCUT2D eigenvalue weighted by atomic mass is 10.0. The number of hydrogen-bond acceptors (Lipinski definition) is 6. The van der Waals surface area contributed by atoms with E-state index in [4.69, 9.17) is 25.4 Å². The van der Waals surface area contributed by atoms with Crippen LogP contribution in [0.5, 0.6) is 11.5 Å². The van der Waals surface area contributed by atoms with E-state index in [1.807, 2.05) is 31.2 Å². The third-order valence-electron chi connectivity index (χ3n) is 5.51. The van der Waals surface area contributed by atoms with E-state index in [1.54, 1.807) is 19.1 Å². The number of alkyl halides is 3. The Morgan fingerprint density at radius 1 is 0.972 bits per heavy atom. The summed E-state index contributed by atoms with van der Waals surface area (Å²) in [7, 11) is 0. The van der Waals surface area contributed by atoms with Crippen molar-refractivity contribution in [2.75, 3.05) is 0 Å². The number of hydrogen-bond donors (Lipinski definition) is 0. The van der Waals surface area contributed by atoms with Gasteiger partial charge >= 0.3 is 12.9 Å². The van der Waals surface area contributed by atoms with Crippen molar-refractivity contribution in [3.8, 4) is 11.5 Å². The van der Waals surface area contributed by atoms with Crippen molar-refractivity contribution >= 4 is 45.8 Å². The van der Waals surface area contributed by atoms with Gasteiger partial charge in [0.15, 0.2) is 0 Å². The van der Waals surface area contributed by atoms with Gasteiger partial charge in [0.2, 0.25) is 0 Å². The summed E-state index contributed by atoms with van der Waals surface area (Å²) in [5, 5.41) is 14.1. The van der Waals surface area contributed by atoms with E-state index < -0.39 is 23.4 Å². The molecule has 0 aliphatic heterocycles. The third kappa shape index (κ3) is 5.61. The Balaban J connectivity index is 1.79. The summed E-state index contributed by atoms with van der Waals surface area (Å²) >= 11 is 5.65. The number of fused-ring (bicyclic) bond motifs is 2. The van der Waals surface area contributed by atoms with E-state index in [-0.39, 0.29) is 23.3 Å². The average Bonchev–Trinajstić information content (AvgIpc) is 2.82. The molecule has 0 saturated heterocycles. The third-order valence-corrected chi connectivity index (χ3v) is 7.69. The highest BCUT2D eigenvalue weighted by Gasteiger charge is 2.32. The molecule has 0 heterocycles. The number of non-ortho nitro benzene ring substituents is 1. The minimum atomic E-state index is -4.50. The zero-order chi connectivity index (χ0) is 26.1. The summed E-state index contributed by atoms with van der Waals surface area (Å²) in [5.74, 6) is 0.256. The molecule has 6 nitrogen and oxygen atoms in total. The summed E-state index contributed by atoms with van der Waals surface area (Å²) in [6, 6.07) is 17.6. The van der Waals surface area contributed by atoms with Gasteiger partial charge in [0.1, 0.15) is 11.5 Å². The van der Waals surface area contributed by atoms with Crippen molar-refractivity contribution in [1.82, 2.24) is 0 Å². The van der Waals surface area contributed by atoms with Crippen LogP contribution in [0.4, 0.5) is 18.9 Å². The molecule has 0 spiro atoms. The first-order valence-corrected chi connectivity index (χ1v) is 13.5. The highest BCUT2D eigenvalue weighted by atomic mass is 32.5. The van der Waals surface area contributed by atoms with E-state index >= 15 is 0 Å². The number of nitro benzene ring substituents is 1. The molecule has 0 N–H and O–H groups in total. The molecule has 0 bridgehead atoms. The topological polar surface area (TPSA) is 70.8 Å². The zero-order valence-corrected chi connectivity index (χ0v) is 20.9. The summed E-state index contributed by atoms with van der Waals surface area (Å²) in [4.78, 5) is 11.2. The normalized spacial score (nSPS) is 14.4. The molecule has 0 amide bonds. The fourth-order valence-corrected chi connectivity index (χ4v) is 5.97. The van der Waals surface area contributed by atoms with Gasteiger partial charge < -0.3 is 9.05 Å². The Hall–Kier alpha value is -3.20.